The van der Waals surface area contributed by atoms with Crippen LogP contribution in [0, 0.1) is 11.7 Å². The molecule has 10 nitrogen and oxygen atoms in total. The molecule has 250 valence electrons. The van der Waals surface area contributed by atoms with Gasteiger partial charge in [-0.25, -0.2) is 17.8 Å². The van der Waals surface area contributed by atoms with Gasteiger partial charge in [0.15, 0.2) is 5.03 Å². The van der Waals surface area contributed by atoms with Crippen LogP contribution in [0.1, 0.15) is 53.7 Å². The van der Waals surface area contributed by atoms with Gasteiger partial charge >= 0.3 is 0 Å². The number of sulfonamides is 1. The van der Waals surface area contributed by atoms with Crippen molar-refractivity contribution < 1.29 is 27.1 Å². The van der Waals surface area contributed by atoms with Crippen molar-refractivity contribution in [2.75, 3.05) is 19.5 Å². The van der Waals surface area contributed by atoms with Crippen molar-refractivity contribution >= 4 is 32.5 Å². The van der Waals surface area contributed by atoms with Crippen LogP contribution in [0.15, 0.2) is 90.1 Å². The standard InChI is InChI=1S/C36H38FN5O5S/c1-46-30-13-8-26(9-14-30)22-41(23-27-10-15-31(47-2)16-11-27)48(44,45)34-21-29(18-19-38-34)39-36(43)35-32-17-12-28(37)20-33(32)40-42(35)24-25-6-4-3-5-7-25/h8-21,25H,3-7,22-24H2,1-2H3,(H,38,39,43). The summed E-state index contributed by atoms with van der Waals surface area (Å²) in [6.45, 7) is 0.680. The average molecular weight is 672 g/mol. The Bertz CT molecular complexity index is 1940. The SMILES string of the molecule is COc1ccc(CN(Cc2ccc(OC)cc2)S(=O)(=O)c2cc(NC(=O)c3c4ccc(F)cc4nn3CC3CCCCC3)ccn2)cc1. The Morgan fingerprint density at radius 1 is 0.896 bits per heavy atom. The van der Waals surface area contributed by atoms with Gasteiger partial charge in [-0.15, -0.1) is 0 Å². The summed E-state index contributed by atoms with van der Waals surface area (Å²) in [6.07, 6.45) is 6.89. The Labute approximate surface area is 279 Å². The van der Waals surface area contributed by atoms with Crippen LogP contribution in [-0.4, -0.2) is 47.6 Å². The highest BCUT2D eigenvalue weighted by Crippen LogP contribution is 2.29. The van der Waals surface area contributed by atoms with E-state index in [0.29, 0.717) is 40.6 Å². The van der Waals surface area contributed by atoms with Crippen LogP contribution in [-0.2, 0) is 29.7 Å². The smallest absolute Gasteiger partial charge is 0.274 e. The number of aromatic nitrogens is 3. The summed E-state index contributed by atoms with van der Waals surface area (Å²) < 4.78 is 56.0. The van der Waals surface area contributed by atoms with Gasteiger partial charge in [0.25, 0.3) is 15.9 Å². The van der Waals surface area contributed by atoms with Crippen LogP contribution in [0.5, 0.6) is 11.5 Å². The van der Waals surface area contributed by atoms with Gasteiger partial charge in [-0.1, -0.05) is 43.5 Å². The monoisotopic (exact) mass is 671 g/mol. The quantitative estimate of drug-likeness (QED) is 0.155. The molecule has 1 saturated carbocycles. The predicted molar refractivity (Wildman–Crippen MR) is 181 cm³/mol. The minimum absolute atomic E-state index is 0.0690. The molecule has 0 spiro atoms. The van der Waals surface area contributed by atoms with E-state index in [4.69, 9.17) is 9.47 Å². The largest absolute Gasteiger partial charge is 0.497 e. The summed E-state index contributed by atoms with van der Waals surface area (Å²) in [5, 5.41) is 7.76. The third-order valence-corrected chi connectivity index (χ3v) is 10.4. The van der Waals surface area contributed by atoms with Crippen LogP contribution < -0.4 is 14.8 Å². The number of fused-ring (bicyclic) bond motifs is 1. The summed E-state index contributed by atoms with van der Waals surface area (Å²) in [4.78, 5) is 18.1. The Balaban J connectivity index is 1.29. The number of nitrogens with one attached hydrogen (secondary N) is 1. The number of carbonyl (C=O) groups excluding carboxylic acids is 1. The highest BCUT2D eigenvalue weighted by atomic mass is 32.2. The topological polar surface area (TPSA) is 116 Å². The van der Waals surface area contributed by atoms with Gasteiger partial charge in [-0.05, 0) is 72.4 Å². The van der Waals surface area contributed by atoms with Gasteiger partial charge in [-0.2, -0.15) is 9.40 Å². The Kier molecular flexibility index (Phi) is 10.0. The molecule has 48 heavy (non-hydrogen) atoms. The number of nitrogens with zero attached hydrogens (tertiary/aromatic N) is 4. The second-order valence-corrected chi connectivity index (χ2v) is 13.9. The van der Waals surface area contributed by atoms with E-state index in [2.05, 4.69) is 15.4 Å². The molecule has 2 heterocycles. The second-order valence-electron chi connectivity index (χ2n) is 12.0. The van der Waals surface area contributed by atoms with Crippen LogP contribution in [0.2, 0.25) is 0 Å². The summed E-state index contributed by atoms with van der Waals surface area (Å²) in [7, 11) is -1.02. The van der Waals surface area contributed by atoms with Crippen LogP contribution in [0.25, 0.3) is 10.9 Å². The summed E-state index contributed by atoms with van der Waals surface area (Å²) in [6, 6.07) is 21.4. The first kappa shape index (κ1) is 33.1. The Morgan fingerprint density at radius 2 is 1.52 bits per heavy atom. The van der Waals surface area contributed by atoms with Gasteiger partial charge in [-0.3, -0.25) is 9.48 Å². The molecule has 0 saturated heterocycles. The van der Waals surface area contributed by atoms with E-state index < -0.39 is 21.7 Å². The second kappa shape index (κ2) is 14.5. The maximum Gasteiger partial charge on any atom is 0.274 e. The number of amides is 1. The molecule has 1 N–H and O–H groups in total. The lowest BCUT2D eigenvalue weighted by atomic mass is 9.89. The molecular formula is C36H38FN5O5S. The van der Waals surface area contributed by atoms with Gasteiger partial charge in [0.2, 0.25) is 0 Å². The third kappa shape index (κ3) is 7.50. The van der Waals surface area contributed by atoms with Crippen LogP contribution in [0.4, 0.5) is 10.1 Å². The molecule has 2 aromatic heterocycles. The Hall–Kier alpha value is -4.81. The molecule has 1 aliphatic rings. The molecule has 0 aliphatic heterocycles. The number of hydrogen-bond donors (Lipinski definition) is 1. The average Bonchev–Trinajstić information content (AvgIpc) is 3.46. The number of hydrogen-bond acceptors (Lipinski definition) is 7. The fourth-order valence-electron chi connectivity index (χ4n) is 6.14. The van der Waals surface area contributed by atoms with Crippen molar-refractivity contribution in [3.63, 3.8) is 0 Å². The minimum atomic E-state index is -4.16. The third-order valence-electron chi connectivity index (χ3n) is 8.71. The van der Waals surface area contributed by atoms with E-state index in [1.165, 1.54) is 41.2 Å². The highest BCUT2D eigenvalue weighted by molar-refractivity contribution is 7.89. The number of rotatable bonds is 12. The van der Waals surface area contributed by atoms with Crippen molar-refractivity contribution in [3.8, 4) is 11.5 Å². The van der Waals surface area contributed by atoms with E-state index in [1.807, 2.05) is 24.3 Å². The molecular weight excluding hydrogens is 633 g/mol. The first-order chi connectivity index (χ1) is 23.2. The zero-order valence-corrected chi connectivity index (χ0v) is 27.7. The number of carbonyl (C=O) groups is 1. The number of anilines is 1. The van der Waals surface area contributed by atoms with E-state index >= 15 is 0 Å². The van der Waals surface area contributed by atoms with E-state index in [-0.39, 0.29) is 23.8 Å². The first-order valence-corrected chi connectivity index (χ1v) is 17.4. The molecule has 0 unspecified atom stereocenters. The van der Waals surface area contributed by atoms with Crippen LogP contribution in [0.3, 0.4) is 0 Å². The minimum Gasteiger partial charge on any atom is -0.497 e. The Morgan fingerprint density at radius 3 is 2.12 bits per heavy atom. The van der Waals surface area contributed by atoms with E-state index in [1.54, 1.807) is 49.2 Å². The van der Waals surface area contributed by atoms with Crippen molar-refractivity contribution in [1.29, 1.82) is 0 Å². The summed E-state index contributed by atoms with van der Waals surface area (Å²) in [5.41, 5.74) is 2.46. The van der Waals surface area contributed by atoms with Crippen molar-refractivity contribution in [2.45, 2.75) is 56.8 Å². The molecule has 3 aromatic carbocycles. The summed E-state index contributed by atoms with van der Waals surface area (Å²) in [5.74, 6) is 0.778. The zero-order chi connectivity index (χ0) is 33.7. The highest BCUT2D eigenvalue weighted by Gasteiger charge is 2.28. The van der Waals surface area contributed by atoms with Gasteiger partial charge in [0.1, 0.15) is 23.0 Å². The number of halogens is 1. The fraction of sp³-hybridized carbons (Fsp3) is 0.306. The number of ether oxygens (including phenoxy) is 2. The lowest BCUT2D eigenvalue weighted by molar-refractivity contribution is 0.101. The zero-order valence-electron chi connectivity index (χ0n) is 26.9. The van der Waals surface area contributed by atoms with E-state index in [9.17, 15) is 17.6 Å². The lowest BCUT2D eigenvalue weighted by Gasteiger charge is -2.23. The molecule has 6 rings (SSSR count). The molecule has 5 aromatic rings. The number of pyridine rings is 1. The number of benzene rings is 3. The molecule has 0 radical (unpaired) electrons. The molecule has 0 bridgehead atoms. The van der Waals surface area contributed by atoms with Crippen molar-refractivity contribution in [2.24, 2.45) is 5.92 Å². The fourth-order valence-corrected chi connectivity index (χ4v) is 7.51. The predicted octanol–water partition coefficient (Wildman–Crippen LogP) is 6.81. The summed E-state index contributed by atoms with van der Waals surface area (Å²) >= 11 is 0. The number of methoxy groups -OCH3 is 2. The molecule has 1 fully saturated rings. The normalized spacial score (nSPS) is 13.9. The lowest BCUT2D eigenvalue weighted by Crippen LogP contribution is -2.31. The van der Waals surface area contributed by atoms with Crippen LogP contribution >= 0.6 is 0 Å². The van der Waals surface area contributed by atoms with E-state index in [0.717, 1.165) is 36.8 Å². The maximum atomic E-state index is 14.2. The van der Waals surface area contributed by atoms with Gasteiger partial charge in [0, 0.05) is 49.0 Å². The maximum absolute atomic E-state index is 14.2. The molecule has 1 amide bonds. The molecule has 12 heteroatoms. The molecule has 1 aliphatic carbocycles. The van der Waals surface area contributed by atoms with Gasteiger partial charge in [0.05, 0.1) is 19.7 Å². The van der Waals surface area contributed by atoms with Crippen molar-refractivity contribution in [3.05, 3.63) is 108 Å². The van der Waals surface area contributed by atoms with Gasteiger partial charge < -0.3 is 14.8 Å². The molecule has 0 atom stereocenters. The first-order valence-electron chi connectivity index (χ1n) is 15.9. The van der Waals surface area contributed by atoms with Crippen molar-refractivity contribution in [1.82, 2.24) is 19.1 Å².